The van der Waals surface area contributed by atoms with Gasteiger partial charge in [0.2, 0.25) is 5.81 Å². The molecule has 104 valence electrons. The van der Waals surface area contributed by atoms with Crippen molar-refractivity contribution in [2.45, 2.75) is 6.92 Å². The number of hydrogen-bond donors (Lipinski definition) is 1. The van der Waals surface area contributed by atoms with Crippen LogP contribution in [0.3, 0.4) is 0 Å². The smallest absolute Gasteiger partial charge is 0.347 e. The number of halogens is 1. The van der Waals surface area contributed by atoms with Gasteiger partial charge in [0.25, 0.3) is 0 Å². The van der Waals surface area contributed by atoms with Crippen molar-refractivity contribution in [3.8, 4) is 0 Å². The fraction of sp³-hybridized carbons (Fsp3) is 0.462. The van der Waals surface area contributed by atoms with E-state index in [1.54, 1.807) is 0 Å². The lowest BCUT2D eigenvalue weighted by atomic mass is 9.66. The van der Waals surface area contributed by atoms with Gasteiger partial charge in [-0.2, -0.15) is 0 Å². The van der Waals surface area contributed by atoms with E-state index in [4.69, 9.17) is 0 Å². The Morgan fingerprint density at radius 1 is 1.40 bits per heavy atom. The minimum Gasteiger partial charge on any atom is -0.347 e. The molecule has 1 N–H and O–H groups in total. The van der Waals surface area contributed by atoms with Gasteiger partial charge >= 0.3 is 4.70 Å². The maximum atomic E-state index is 12.3. The van der Waals surface area contributed by atoms with E-state index >= 15 is 0 Å². The number of benzene rings is 1. The molecule has 2 saturated heterocycles. The summed E-state index contributed by atoms with van der Waals surface area (Å²) in [5.41, 5.74) is 2.52. The van der Waals surface area contributed by atoms with Crippen LogP contribution in [0.2, 0.25) is 0 Å². The Labute approximate surface area is 134 Å². The standard InChI is InChI=1S/C13H18B2IN3O/c1-10-3-2-4-11(5-10)17-12(20)15(16)19-8-13(9-19)6-18(14)7-13/h2-5H,6-9,14H2,1H3,(H,17,20). The Hall–Kier alpha value is -0.530. The second-order valence-corrected chi connectivity index (χ2v) is 7.45. The molecule has 2 aliphatic heterocycles. The number of aryl methyl sites for hydroxylation is 1. The number of hydrogen-bond acceptors (Lipinski definition) is 3. The van der Waals surface area contributed by atoms with Gasteiger partial charge in [0, 0.05) is 11.1 Å². The molecule has 0 aliphatic carbocycles. The zero-order valence-electron chi connectivity index (χ0n) is 11.9. The van der Waals surface area contributed by atoms with Gasteiger partial charge in [-0.15, -0.1) is 22.4 Å². The minimum atomic E-state index is -0.0790. The highest BCUT2D eigenvalue weighted by atomic mass is 127. The molecule has 1 spiro atoms. The van der Waals surface area contributed by atoms with Crippen molar-refractivity contribution in [2.75, 3.05) is 31.5 Å². The van der Waals surface area contributed by atoms with E-state index in [1.165, 1.54) is 13.1 Å². The summed E-state index contributed by atoms with van der Waals surface area (Å²) in [6.45, 7) is 6.47. The lowest BCUT2D eigenvalue weighted by Gasteiger charge is -2.60. The fourth-order valence-corrected chi connectivity index (χ4v) is 3.91. The lowest BCUT2D eigenvalue weighted by Crippen LogP contribution is -2.74. The summed E-state index contributed by atoms with van der Waals surface area (Å²) >= 11 is 2.24. The largest absolute Gasteiger partial charge is 0.402 e. The Bertz CT molecular complexity index is 528. The Morgan fingerprint density at radius 2 is 2.10 bits per heavy atom. The van der Waals surface area contributed by atoms with Crippen LogP contribution in [0, 0.1) is 12.3 Å². The molecular formula is C13H18B2IN3O. The molecule has 7 heteroatoms. The number of nitrogens with one attached hydrogen (secondary N) is 1. The highest BCUT2D eigenvalue weighted by Crippen LogP contribution is 2.39. The summed E-state index contributed by atoms with van der Waals surface area (Å²) in [6, 6.07) is 7.94. The minimum absolute atomic E-state index is 0.0790. The predicted molar refractivity (Wildman–Crippen MR) is 94.1 cm³/mol. The highest BCUT2D eigenvalue weighted by molar-refractivity contribution is 14.1. The van der Waals surface area contributed by atoms with Gasteiger partial charge in [-0.05, 0) is 50.8 Å². The summed E-state index contributed by atoms with van der Waals surface area (Å²) in [5.74, 6) is 0.0822. The molecule has 4 nitrogen and oxygen atoms in total. The molecule has 1 aromatic rings. The average Bonchev–Trinajstić information content (AvgIpc) is 2.31. The van der Waals surface area contributed by atoms with E-state index in [9.17, 15) is 4.79 Å². The lowest BCUT2D eigenvalue weighted by molar-refractivity contribution is -0.0387. The SMILES string of the molecule is BN1CC2(C1)CN(B(I)C(=O)Nc1cccc(C)c1)C2. The first kappa shape index (κ1) is 14.4. The van der Waals surface area contributed by atoms with Crippen molar-refractivity contribution in [2.24, 2.45) is 5.41 Å². The summed E-state index contributed by atoms with van der Waals surface area (Å²) in [5, 5.41) is 3.01. The zero-order valence-corrected chi connectivity index (χ0v) is 14.1. The molecular weight excluding hydrogens is 363 g/mol. The van der Waals surface area contributed by atoms with Gasteiger partial charge in [0.15, 0.2) is 7.98 Å². The number of amides is 1. The van der Waals surface area contributed by atoms with Gasteiger partial charge in [0.1, 0.15) is 0 Å². The maximum absolute atomic E-state index is 12.3. The normalized spacial score (nSPS) is 21.1. The van der Waals surface area contributed by atoms with Crippen molar-refractivity contribution in [1.29, 1.82) is 0 Å². The molecule has 3 rings (SSSR count). The van der Waals surface area contributed by atoms with Crippen molar-refractivity contribution in [3.05, 3.63) is 29.8 Å². The molecule has 0 atom stereocenters. The third-order valence-corrected chi connectivity index (χ3v) is 5.46. The zero-order chi connectivity index (χ0) is 14.3. The number of rotatable bonds is 3. The van der Waals surface area contributed by atoms with Crippen LogP contribution >= 0.6 is 22.4 Å². The van der Waals surface area contributed by atoms with E-state index < -0.39 is 0 Å². The second kappa shape index (κ2) is 5.35. The van der Waals surface area contributed by atoms with Crippen LogP contribution in [-0.4, -0.2) is 54.3 Å². The number of nitrogens with zero attached hydrogens (tertiary/aromatic N) is 2. The summed E-state index contributed by atoms with van der Waals surface area (Å²) < 4.78 is -0.0790. The number of carbonyl (C=O) groups excluding carboxylic acids is 1. The molecule has 1 aromatic carbocycles. The van der Waals surface area contributed by atoms with E-state index in [1.807, 2.05) is 31.2 Å². The molecule has 20 heavy (non-hydrogen) atoms. The fourth-order valence-electron chi connectivity index (χ4n) is 3.36. The van der Waals surface area contributed by atoms with Gasteiger partial charge in [0.05, 0.1) is 0 Å². The number of anilines is 1. The second-order valence-electron chi connectivity index (χ2n) is 6.27. The predicted octanol–water partition coefficient (Wildman–Crippen LogP) is 1.20. The van der Waals surface area contributed by atoms with Gasteiger partial charge in [-0.25, -0.2) is 0 Å². The third kappa shape index (κ3) is 2.76. The first-order valence-corrected chi connectivity index (χ1v) is 8.16. The first-order valence-electron chi connectivity index (χ1n) is 6.92. The van der Waals surface area contributed by atoms with Gasteiger partial charge in [-0.3, -0.25) is 4.79 Å². The third-order valence-electron chi connectivity index (χ3n) is 4.11. The molecule has 1 amide bonds. The van der Waals surface area contributed by atoms with Crippen LogP contribution in [0.1, 0.15) is 5.56 Å². The Morgan fingerprint density at radius 3 is 2.70 bits per heavy atom. The van der Waals surface area contributed by atoms with Crippen molar-refractivity contribution >= 4 is 46.6 Å². The Balaban J connectivity index is 1.53. The molecule has 0 aromatic heterocycles. The quantitative estimate of drug-likeness (QED) is 0.632. The van der Waals surface area contributed by atoms with E-state index in [2.05, 4.69) is 45.3 Å². The Kier molecular flexibility index (Phi) is 3.85. The summed E-state index contributed by atoms with van der Waals surface area (Å²) in [7, 11) is 2.15. The van der Waals surface area contributed by atoms with E-state index in [0.717, 1.165) is 24.3 Å². The topological polar surface area (TPSA) is 35.6 Å². The van der Waals surface area contributed by atoms with Crippen LogP contribution in [0.15, 0.2) is 24.3 Å². The molecule has 0 bridgehead atoms. The van der Waals surface area contributed by atoms with Crippen LogP contribution < -0.4 is 5.32 Å². The van der Waals surface area contributed by atoms with E-state index in [-0.39, 0.29) is 10.5 Å². The van der Waals surface area contributed by atoms with Gasteiger partial charge < -0.3 is 14.9 Å². The van der Waals surface area contributed by atoms with Crippen LogP contribution in [-0.2, 0) is 0 Å². The molecule has 0 unspecified atom stereocenters. The highest BCUT2D eigenvalue weighted by Gasteiger charge is 2.53. The monoisotopic (exact) mass is 381 g/mol. The van der Waals surface area contributed by atoms with Crippen LogP contribution in [0.4, 0.5) is 10.5 Å². The summed E-state index contributed by atoms with van der Waals surface area (Å²) in [4.78, 5) is 16.9. The van der Waals surface area contributed by atoms with Crippen molar-refractivity contribution in [3.63, 3.8) is 0 Å². The first-order chi connectivity index (χ1) is 9.47. The van der Waals surface area contributed by atoms with Crippen LogP contribution in [0.5, 0.6) is 0 Å². The van der Waals surface area contributed by atoms with Crippen molar-refractivity contribution in [1.82, 2.24) is 9.62 Å². The number of carbonyl (C=O) groups is 1. The van der Waals surface area contributed by atoms with E-state index in [0.29, 0.717) is 5.41 Å². The average molecular weight is 381 g/mol. The maximum Gasteiger partial charge on any atom is 0.402 e. The molecule has 0 radical (unpaired) electrons. The van der Waals surface area contributed by atoms with Crippen LogP contribution in [0.25, 0.3) is 0 Å². The molecule has 2 heterocycles. The molecule has 2 fully saturated rings. The summed E-state index contributed by atoms with van der Waals surface area (Å²) in [6.07, 6.45) is 0. The van der Waals surface area contributed by atoms with Gasteiger partial charge in [-0.1, -0.05) is 12.1 Å². The van der Waals surface area contributed by atoms with Crippen molar-refractivity contribution < 1.29 is 4.79 Å². The molecule has 0 saturated carbocycles. The molecule has 2 aliphatic rings.